The number of carbonyl (C=O) groups excluding carboxylic acids is 1. The Bertz CT molecular complexity index is 663. The van der Waals surface area contributed by atoms with Gasteiger partial charge in [0.25, 0.3) is 5.91 Å². The zero-order chi connectivity index (χ0) is 17.6. The highest BCUT2D eigenvalue weighted by Gasteiger charge is 2.14. The molecule has 1 fully saturated rings. The van der Waals surface area contributed by atoms with E-state index in [4.69, 9.17) is 0 Å². The Balaban J connectivity index is 1.86. The highest BCUT2D eigenvalue weighted by atomic mass is 32.2. The molecule has 0 aromatic heterocycles. The van der Waals surface area contributed by atoms with Crippen molar-refractivity contribution < 1.29 is 13.2 Å². The van der Waals surface area contributed by atoms with Crippen molar-refractivity contribution in [3.8, 4) is 0 Å². The van der Waals surface area contributed by atoms with Gasteiger partial charge in [0.1, 0.15) is 0 Å². The fourth-order valence-corrected chi connectivity index (χ4v) is 3.68. The van der Waals surface area contributed by atoms with E-state index in [-0.39, 0.29) is 10.8 Å². The van der Waals surface area contributed by atoms with E-state index < -0.39 is 9.84 Å². The van der Waals surface area contributed by atoms with Gasteiger partial charge >= 0.3 is 0 Å². The maximum atomic E-state index is 12.3. The molecule has 134 valence electrons. The molecule has 1 aromatic rings. The lowest BCUT2D eigenvalue weighted by atomic mass is 10.1. The van der Waals surface area contributed by atoms with Gasteiger partial charge in [-0.1, -0.05) is 18.9 Å². The summed E-state index contributed by atoms with van der Waals surface area (Å²) in [7, 11) is -3.31. The number of nitrogens with zero attached hydrogens (tertiary/aromatic N) is 1. The molecule has 1 amide bonds. The molecule has 6 heteroatoms. The number of hydrogen-bond donors (Lipinski definition) is 1. The van der Waals surface area contributed by atoms with Crippen LogP contribution in [0.15, 0.2) is 23.1 Å². The first-order valence-corrected chi connectivity index (χ1v) is 10.6. The van der Waals surface area contributed by atoms with Crippen LogP contribution in [0.25, 0.3) is 0 Å². The Hall–Kier alpha value is -1.40. The molecule has 0 aliphatic carbocycles. The largest absolute Gasteiger partial charge is 0.352 e. The van der Waals surface area contributed by atoms with Gasteiger partial charge in [0.15, 0.2) is 9.84 Å². The van der Waals surface area contributed by atoms with E-state index >= 15 is 0 Å². The van der Waals surface area contributed by atoms with Crippen molar-refractivity contribution in [2.75, 3.05) is 32.4 Å². The summed E-state index contributed by atoms with van der Waals surface area (Å²) in [6, 6.07) is 4.69. The first-order valence-electron chi connectivity index (χ1n) is 8.69. The van der Waals surface area contributed by atoms with Gasteiger partial charge in [-0.3, -0.25) is 4.79 Å². The molecular weight excluding hydrogens is 324 g/mol. The molecular formula is C18H28N2O3S. The molecule has 24 heavy (non-hydrogen) atoms. The number of carbonyl (C=O) groups is 1. The lowest BCUT2D eigenvalue weighted by Gasteiger charge is -2.19. The monoisotopic (exact) mass is 352 g/mol. The van der Waals surface area contributed by atoms with Crippen LogP contribution in [0.3, 0.4) is 0 Å². The van der Waals surface area contributed by atoms with Crippen molar-refractivity contribution in [2.24, 2.45) is 0 Å². The smallest absolute Gasteiger partial charge is 0.251 e. The summed E-state index contributed by atoms with van der Waals surface area (Å²) >= 11 is 0. The molecule has 0 bridgehead atoms. The van der Waals surface area contributed by atoms with Crippen molar-refractivity contribution in [1.29, 1.82) is 0 Å². The maximum Gasteiger partial charge on any atom is 0.251 e. The van der Waals surface area contributed by atoms with Gasteiger partial charge in [-0.05, 0) is 63.5 Å². The zero-order valence-electron chi connectivity index (χ0n) is 14.7. The van der Waals surface area contributed by atoms with Crippen molar-refractivity contribution >= 4 is 15.7 Å². The maximum absolute atomic E-state index is 12.3. The molecule has 5 nitrogen and oxygen atoms in total. The van der Waals surface area contributed by atoms with Crippen molar-refractivity contribution in [1.82, 2.24) is 10.2 Å². The molecule has 1 N–H and O–H groups in total. The number of sulfone groups is 1. The van der Waals surface area contributed by atoms with Crippen LogP contribution in [0.5, 0.6) is 0 Å². The summed E-state index contributed by atoms with van der Waals surface area (Å²) < 4.78 is 23.3. The van der Waals surface area contributed by atoms with Crippen LogP contribution < -0.4 is 5.32 Å². The normalized spacial score (nSPS) is 16.6. The summed E-state index contributed by atoms with van der Waals surface area (Å²) in [5.74, 6) is -0.200. The second-order valence-electron chi connectivity index (χ2n) is 6.61. The number of amides is 1. The van der Waals surface area contributed by atoms with Crippen molar-refractivity contribution in [2.45, 2.75) is 43.9 Å². The molecule has 0 unspecified atom stereocenters. The Morgan fingerprint density at radius 3 is 2.46 bits per heavy atom. The van der Waals surface area contributed by atoms with E-state index in [0.29, 0.717) is 12.1 Å². The summed E-state index contributed by atoms with van der Waals surface area (Å²) in [4.78, 5) is 15.0. The molecule has 1 aliphatic rings. The standard InChI is InChI=1S/C18H28N2O3S/c1-15-8-9-16(24(2,22)23)14-17(15)18(21)19-10-7-13-20-11-5-3-4-6-12-20/h8-9,14H,3-7,10-13H2,1-2H3,(H,19,21). The van der Waals surface area contributed by atoms with Gasteiger partial charge in [-0.15, -0.1) is 0 Å². The molecule has 0 spiro atoms. The topological polar surface area (TPSA) is 66.5 Å². The average Bonchev–Trinajstić information content (AvgIpc) is 2.79. The first-order chi connectivity index (χ1) is 11.4. The molecule has 1 saturated heterocycles. The van der Waals surface area contributed by atoms with Crippen LogP contribution >= 0.6 is 0 Å². The fourth-order valence-electron chi connectivity index (χ4n) is 3.04. The number of likely N-dealkylation sites (tertiary alicyclic amines) is 1. The third-order valence-electron chi connectivity index (χ3n) is 4.52. The fraction of sp³-hybridized carbons (Fsp3) is 0.611. The van der Waals surface area contributed by atoms with Crippen LogP contribution in [0.4, 0.5) is 0 Å². The van der Waals surface area contributed by atoms with Crippen LogP contribution in [0, 0.1) is 6.92 Å². The highest BCUT2D eigenvalue weighted by Crippen LogP contribution is 2.15. The minimum Gasteiger partial charge on any atom is -0.352 e. The van der Waals surface area contributed by atoms with Crippen molar-refractivity contribution in [3.63, 3.8) is 0 Å². The molecule has 0 saturated carbocycles. The number of benzene rings is 1. The predicted octanol–water partition coefficient (Wildman–Crippen LogP) is 2.39. The van der Waals surface area contributed by atoms with Gasteiger partial charge in [0.05, 0.1) is 4.90 Å². The van der Waals surface area contributed by atoms with Gasteiger partial charge in [-0.25, -0.2) is 8.42 Å². The minimum absolute atomic E-state index is 0.183. The lowest BCUT2D eigenvalue weighted by Crippen LogP contribution is -2.31. The third-order valence-corrected chi connectivity index (χ3v) is 5.63. The molecule has 0 atom stereocenters. The minimum atomic E-state index is -3.31. The highest BCUT2D eigenvalue weighted by molar-refractivity contribution is 7.90. The number of aryl methyl sites for hydroxylation is 1. The summed E-state index contributed by atoms with van der Waals surface area (Å²) in [6.07, 6.45) is 7.25. The number of hydrogen-bond acceptors (Lipinski definition) is 4. The average molecular weight is 353 g/mol. The molecule has 0 radical (unpaired) electrons. The molecule has 1 heterocycles. The quantitative estimate of drug-likeness (QED) is 0.799. The van der Waals surface area contributed by atoms with E-state index in [2.05, 4.69) is 10.2 Å². The van der Waals surface area contributed by atoms with E-state index in [1.54, 1.807) is 12.1 Å². The Morgan fingerprint density at radius 1 is 1.17 bits per heavy atom. The van der Waals surface area contributed by atoms with Gasteiger partial charge < -0.3 is 10.2 Å². The van der Waals surface area contributed by atoms with E-state index in [1.165, 1.54) is 31.7 Å². The van der Waals surface area contributed by atoms with E-state index in [9.17, 15) is 13.2 Å². The number of nitrogens with one attached hydrogen (secondary N) is 1. The third kappa shape index (κ3) is 5.60. The SMILES string of the molecule is Cc1ccc(S(C)(=O)=O)cc1C(=O)NCCCN1CCCCCC1. The summed E-state index contributed by atoms with van der Waals surface area (Å²) in [5.41, 5.74) is 1.22. The molecule has 1 aromatic carbocycles. The summed E-state index contributed by atoms with van der Waals surface area (Å²) in [6.45, 7) is 5.74. The lowest BCUT2D eigenvalue weighted by molar-refractivity contribution is 0.0951. The van der Waals surface area contributed by atoms with Gasteiger partial charge in [0.2, 0.25) is 0 Å². The van der Waals surface area contributed by atoms with Gasteiger partial charge in [-0.2, -0.15) is 0 Å². The molecule has 2 rings (SSSR count). The van der Waals surface area contributed by atoms with E-state index in [1.807, 2.05) is 6.92 Å². The molecule has 1 aliphatic heterocycles. The van der Waals surface area contributed by atoms with Crippen LogP contribution in [0.2, 0.25) is 0 Å². The van der Waals surface area contributed by atoms with E-state index in [0.717, 1.165) is 37.9 Å². The Morgan fingerprint density at radius 2 is 1.83 bits per heavy atom. The van der Waals surface area contributed by atoms with Gasteiger partial charge in [0, 0.05) is 18.4 Å². The zero-order valence-corrected chi connectivity index (χ0v) is 15.5. The van der Waals surface area contributed by atoms with Crippen LogP contribution in [-0.4, -0.2) is 51.7 Å². The summed E-state index contributed by atoms with van der Waals surface area (Å²) in [5, 5.41) is 2.91. The second-order valence-corrected chi connectivity index (χ2v) is 8.63. The number of rotatable bonds is 6. The predicted molar refractivity (Wildman–Crippen MR) is 96.1 cm³/mol. The first kappa shape index (κ1) is 18.9. The van der Waals surface area contributed by atoms with Crippen LogP contribution in [0.1, 0.15) is 48.0 Å². The second kappa shape index (κ2) is 8.62. The Labute approximate surface area is 145 Å². The Kier molecular flexibility index (Phi) is 6.80. The van der Waals surface area contributed by atoms with Crippen LogP contribution in [-0.2, 0) is 9.84 Å². The van der Waals surface area contributed by atoms with Crippen molar-refractivity contribution in [3.05, 3.63) is 29.3 Å².